The van der Waals surface area contributed by atoms with Crippen LogP contribution in [0.1, 0.15) is 10.4 Å². The molecule has 11 heteroatoms. The van der Waals surface area contributed by atoms with Gasteiger partial charge in [-0.15, -0.1) is 10.2 Å². The molecule has 0 spiro atoms. The molecule has 0 aliphatic rings. The number of halogens is 1. The average Bonchev–Trinajstić information content (AvgIpc) is 3.20. The Bertz CT molecular complexity index is 1020. The van der Waals surface area contributed by atoms with Crippen molar-refractivity contribution in [2.24, 2.45) is 0 Å². The number of aromatic nitrogens is 4. The van der Waals surface area contributed by atoms with Crippen LogP contribution in [0.2, 0.25) is 0 Å². The number of tetrazole rings is 1. The standard InChI is InChI=1S/C18H16FN7O3/c19-14-9-5-4-8-13(14)18(29)20-10-15(27)21-22-16(28)11-26-24-17(23-25-26)12-6-2-1-3-7-12/h1-9H,10-11H2,(H,20,29)(H,21,27)(H,22,28). The first-order chi connectivity index (χ1) is 14.0. The minimum absolute atomic E-state index is 0.184. The van der Waals surface area contributed by atoms with Gasteiger partial charge in [0.05, 0.1) is 12.1 Å². The minimum Gasteiger partial charge on any atom is -0.343 e. The van der Waals surface area contributed by atoms with E-state index in [-0.39, 0.29) is 12.1 Å². The van der Waals surface area contributed by atoms with E-state index in [0.29, 0.717) is 5.82 Å². The molecule has 0 atom stereocenters. The average molecular weight is 397 g/mol. The molecule has 0 saturated heterocycles. The molecule has 0 unspecified atom stereocenters. The zero-order valence-corrected chi connectivity index (χ0v) is 15.0. The largest absolute Gasteiger partial charge is 0.343 e. The maximum atomic E-state index is 13.5. The van der Waals surface area contributed by atoms with Gasteiger partial charge < -0.3 is 5.32 Å². The minimum atomic E-state index is -0.746. The Kier molecular flexibility index (Phi) is 6.20. The van der Waals surface area contributed by atoms with Gasteiger partial charge in [0.15, 0.2) is 0 Å². The van der Waals surface area contributed by atoms with Crippen molar-refractivity contribution in [1.29, 1.82) is 0 Å². The summed E-state index contributed by atoms with van der Waals surface area (Å²) in [7, 11) is 0. The third-order valence-electron chi connectivity index (χ3n) is 3.64. The number of amides is 3. The van der Waals surface area contributed by atoms with Crippen LogP contribution in [0.4, 0.5) is 4.39 Å². The van der Waals surface area contributed by atoms with Gasteiger partial charge in [-0.2, -0.15) is 4.80 Å². The Morgan fingerprint density at radius 3 is 2.38 bits per heavy atom. The zero-order chi connectivity index (χ0) is 20.6. The third kappa shape index (κ3) is 5.42. The maximum absolute atomic E-state index is 13.5. The molecule has 148 valence electrons. The molecule has 0 radical (unpaired) electrons. The molecule has 3 rings (SSSR count). The lowest BCUT2D eigenvalue weighted by Gasteiger charge is -2.08. The Labute approximate surface area is 164 Å². The summed E-state index contributed by atoms with van der Waals surface area (Å²) in [4.78, 5) is 36.5. The lowest BCUT2D eigenvalue weighted by Crippen LogP contribution is -2.47. The van der Waals surface area contributed by atoms with Crippen LogP contribution in [-0.4, -0.2) is 44.5 Å². The Morgan fingerprint density at radius 1 is 0.931 bits per heavy atom. The third-order valence-corrected chi connectivity index (χ3v) is 3.64. The van der Waals surface area contributed by atoms with Crippen LogP contribution in [0, 0.1) is 5.82 Å². The van der Waals surface area contributed by atoms with Gasteiger partial charge in [-0.05, 0) is 17.3 Å². The zero-order valence-electron chi connectivity index (χ0n) is 15.0. The summed E-state index contributed by atoms with van der Waals surface area (Å²) in [6, 6.07) is 14.5. The molecular weight excluding hydrogens is 381 g/mol. The van der Waals surface area contributed by atoms with Crippen LogP contribution in [-0.2, 0) is 16.1 Å². The van der Waals surface area contributed by atoms with Crippen LogP contribution in [0.3, 0.4) is 0 Å². The Hall–Kier alpha value is -4.15. The summed E-state index contributed by atoms with van der Waals surface area (Å²) < 4.78 is 13.5. The summed E-state index contributed by atoms with van der Waals surface area (Å²) in [6.45, 7) is -0.727. The normalized spacial score (nSPS) is 10.2. The number of rotatable bonds is 6. The van der Waals surface area contributed by atoms with E-state index in [4.69, 9.17) is 0 Å². The number of carbonyl (C=O) groups is 3. The van der Waals surface area contributed by atoms with Crippen molar-refractivity contribution in [3.63, 3.8) is 0 Å². The summed E-state index contributed by atoms with van der Waals surface area (Å²) in [5.74, 6) is -2.38. The lowest BCUT2D eigenvalue weighted by atomic mass is 10.2. The van der Waals surface area contributed by atoms with E-state index >= 15 is 0 Å². The summed E-state index contributed by atoms with van der Waals surface area (Å²) in [5.41, 5.74) is 4.85. The SMILES string of the molecule is O=C(CNC(=O)c1ccccc1F)NNC(=O)Cn1nnc(-c2ccccc2)n1. The van der Waals surface area contributed by atoms with E-state index in [1.165, 1.54) is 18.2 Å². The van der Waals surface area contributed by atoms with E-state index < -0.39 is 30.1 Å². The lowest BCUT2D eigenvalue weighted by molar-refractivity contribution is -0.129. The molecule has 3 amide bonds. The number of nitrogens with one attached hydrogen (secondary N) is 3. The molecule has 3 N–H and O–H groups in total. The molecule has 1 heterocycles. The van der Waals surface area contributed by atoms with E-state index in [9.17, 15) is 18.8 Å². The number of benzene rings is 2. The smallest absolute Gasteiger partial charge is 0.262 e. The highest BCUT2D eigenvalue weighted by atomic mass is 19.1. The Balaban J connectivity index is 1.42. The van der Waals surface area contributed by atoms with Crippen molar-refractivity contribution in [3.8, 4) is 11.4 Å². The monoisotopic (exact) mass is 397 g/mol. The first kappa shape index (κ1) is 19.6. The molecule has 0 aliphatic carbocycles. The molecule has 29 heavy (non-hydrogen) atoms. The number of hydrogen-bond donors (Lipinski definition) is 3. The number of hydrogen-bond acceptors (Lipinski definition) is 6. The molecule has 0 saturated carbocycles. The van der Waals surface area contributed by atoms with E-state index in [1.807, 2.05) is 18.2 Å². The fraction of sp³-hybridized carbons (Fsp3) is 0.111. The molecule has 0 fully saturated rings. The Morgan fingerprint density at radius 2 is 1.62 bits per heavy atom. The highest BCUT2D eigenvalue weighted by Crippen LogP contribution is 2.11. The fourth-order valence-electron chi connectivity index (χ4n) is 2.27. The van der Waals surface area contributed by atoms with E-state index in [0.717, 1.165) is 16.4 Å². The van der Waals surface area contributed by atoms with Gasteiger partial charge in [0.2, 0.25) is 5.82 Å². The second kappa shape index (κ2) is 9.17. The molecular formula is C18H16FN7O3. The van der Waals surface area contributed by atoms with Gasteiger partial charge in [0.25, 0.3) is 17.7 Å². The second-order valence-electron chi connectivity index (χ2n) is 5.77. The van der Waals surface area contributed by atoms with Crippen LogP contribution in [0.15, 0.2) is 54.6 Å². The second-order valence-corrected chi connectivity index (χ2v) is 5.77. The predicted molar refractivity (Wildman–Crippen MR) is 98.3 cm³/mol. The summed E-state index contributed by atoms with van der Waals surface area (Å²) >= 11 is 0. The van der Waals surface area contributed by atoms with Crippen LogP contribution >= 0.6 is 0 Å². The van der Waals surface area contributed by atoms with Crippen molar-refractivity contribution in [1.82, 2.24) is 36.4 Å². The molecule has 3 aromatic rings. The van der Waals surface area contributed by atoms with Gasteiger partial charge in [-0.25, -0.2) is 4.39 Å². The van der Waals surface area contributed by atoms with Crippen molar-refractivity contribution < 1.29 is 18.8 Å². The number of carbonyl (C=O) groups excluding carboxylic acids is 3. The molecule has 2 aromatic carbocycles. The van der Waals surface area contributed by atoms with E-state index in [2.05, 4.69) is 31.6 Å². The van der Waals surface area contributed by atoms with Gasteiger partial charge in [0.1, 0.15) is 12.4 Å². The topological polar surface area (TPSA) is 131 Å². The van der Waals surface area contributed by atoms with Crippen LogP contribution < -0.4 is 16.2 Å². The predicted octanol–water partition coefficient (Wildman–Crippen LogP) is 0.0566. The van der Waals surface area contributed by atoms with Gasteiger partial charge in [-0.3, -0.25) is 25.2 Å². The molecule has 0 aliphatic heterocycles. The number of nitrogens with zero attached hydrogens (tertiary/aromatic N) is 4. The van der Waals surface area contributed by atoms with Gasteiger partial charge >= 0.3 is 0 Å². The summed E-state index contributed by atoms with van der Waals surface area (Å²) in [5, 5.41) is 14.0. The first-order valence-corrected chi connectivity index (χ1v) is 8.46. The highest BCUT2D eigenvalue weighted by Gasteiger charge is 2.13. The van der Waals surface area contributed by atoms with Crippen molar-refractivity contribution in [3.05, 3.63) is 66.0 Å². The quantitative estimate of drug-likeness (QED) is 0.504. The molecule has 1 aromatic heterocycles. The van der Waals surface area contributed by atoms with Crippen molar-refractivity contribution in [2.75, 3.05) is 6.54 Å². The molecule has 10 nitrogen and oxygen atoms in total. The van der Waals surface area contributed by atoms with E-state index in [1.54, 1.807) is 12.1 Å². The van der Waals surface area contributed by atoms with Gasteiger partial charge in [0, 0.05) is 5.56 Å². The van der Waals surface area contributed by atoms with Crippen LogP contribution in [0.5, 0.6) is 0 Å². The van der Waals surface area contributed by atoms with Crippen LogP contribution in [0.25, 0.3) is 11.4 Å². The highest BCUT2D eigenvalue weighted by molar-refractivity contribution is 5.96. The fourth-order valence-corrected chi connectivity index (χ4v) is 2.27. The van der Waals surface area contributed by atoms with Crippen molar-refractivity contribution >= 4 is 17.7 Å². The van der Waals surface area contributed by atoms with Gasteiger partial charge in [-0.1, -0.05) is 42.5 Å². The first-order valence-electron chi connectivity index (χ1n) is 8.46. The summed E-state index contributed by atoms with van der Waals surface area (Å²) in [6.07, 6.45) is 0. The van der Waals surface area contributed by atoms with Crippen molar-refractivity contribution in [2.45, 2.75) is 6.54 Å². The number of hydrazine groups is 1. The molecule has 0 bridgehead atoms. The maximum Gasteiger partial charge on any atom is 0.262 e.